The van der Waals surface area contributed by atoms with Crippen LogP contribution in [0.2, 0.25) is 0 Å². The molecule has 1 amide bonds. The van der Waals surface area contributed by atoms with Gasteiger partial charge in [0.25, 0.3) is 5.91 Å². The number of ether oxygens (including phenoxy) is 1. The van der Waals surface area contributed by atoms with Crippen LogP contribution in [-0.4, -0.2) is 81.0 Å². The van der Waals surface area contributed by atoms with Crippen LogP contribution in [0.5, 0.6) is 0 Å². The number of nitrogens with zero attached hydrogens (tertiary/aromatic N) is 4. The van der Waals surface area contributed by atoms with Crippen molar-refractivity contribution >= 4 is 21.7 Å². The van der Waals surface area contributed by atoms with Crippen molar-refractivity contribution in [2.24, 2.45) is 0 Å². The van der Waals surface area contributed by atoms with Gasteiger partial charge in [-0.05, 0) is 18.2 Å². The summed E-state index contributed by atoms with van der Waals surface area (Å²) in [7, 11) is -3.54. The van der Waals surface area contributed by atoms with Gasteiger partial charge in [-0.1, -0.05) is 0 Å². The molecule has 2 aromatic rings. The number of rotatable bonds is 4. The number of carbonyl (C=O) groups excluding carboxylic acids is 1. The molecule has 2 aromatic heterocycles. The first-order chi connectivity index (χ1) is 13.6. The summed E-state index contributed by atoms with van der Waals surface area (Å²) in [4.78, 5) is 20.7. The zero-order valence-corrected chi connectivity index (χ0v) is 16.2. The van der Waals surface area contributed by atoms with Gasteiger partial charge in [-0.2, -0.15) is 4.31 Å². The van der Waals surface area contributed by atoms with Crippen LogP contribution in [0.15, 0.2) is 46.2 Å². The van der Waals surface area contributed by atoms with Crippen LogP contribution < -0.4 is 4.90 Å². The first-order valence-corrected chi connectivity index (χ1v) is 10.6. The summed E-state index contributed by atoms with van der Waals surface area (Å²) in [6.45, 7) is 3.93. The number of furan rings is 1. The fourth-order valence-corrected chi connectivity index (χ4v) is 4.71. The first-order valence-electron chi connectivity index (χ1n) is 9.16. The summed E-state index contributed by atoms with van der Waals surface area (Å²) in [5.74, 6) is 0.657. The second kappa shape index (κ2) is 7.90. The number of carbonyl (C=O) groups is 1. The zero-order valence-electron chi connectivity index (χ0n) is 15.4. The lowest BCUT2D eigenvalue weighted by atomic mass is 10.2. The molecule has 10 heteroatoms. The number of pyridine rings is 1. The maximum atomic E-state index is 12.7. The van der Waals surface area contributed by atoms with Gasteiger partial charge >= 0.3 is 0 Å². The van der Waals surface area contributed by atoms with E-state index >= 15 is 0 Å². The maximum Gasteiger partial charge on any atom is 0.257 e. The van der Waals surface area contributed by atoms with Crippen molar-refractivity contribution < 1.29 is 22.4 Å². The smallest absolute Gasteiger partial charge is 0.257 e. The molecule has 0 unspecified atom stereocenters. The van der Waals surface area contributed by atoms with Crippen molar-refractivity contribution in [3.05, 3.63) is 42.5 Å². The van der Waals surface area contributed by atoms with Crippen LogP contribution in [0.1, 0.15) is 10.4 Å². The molecular formula is C18H22N4O5S. The minimum atomic E-state index is -3.54. The van der Waals surface area contributed by atoms with Crippen molar-refractivity contribution in [2.75, 3.05) is 57.4 Å². The van der Waals surface area contributed by atoms with E-state index in [1.165, 1.54) is 23.0 Å². The van der Waals surface area contributed by atoms with Crippen LogP contribution in [0.3, 0.4) is 0 Å². The van der Waals surface area contributed by atoms with E-state index in [1.807, 2.05) is 4.90 Å². The quantitative estimate of drug-likeness (QED) is 0.736. The Kier molecular flexibility index (Phi) is 5.33. The summed E-state index contributed by atoms with van der Waals surface area (Å²) in [5, 5.41) is 0. The minimum absolute atomic E-state index is 0.0479. The number of sulfonamides is 1. The molecule has 4 heterocycles. The first kappa shape index (κ1) is 18.9. The van der Waals surface area contributed by atoms with E-state index in [4.69, 9.17) is 9.15 Å². The van der Waals surface area contributed by atoms with Crippen LogP contribution in [0.4, 0.5) is 5.82 Å². The van der Waals surface area contributed by atoms with Crippen molar-refractivity contribution in [3.63, 3.8) is 0 Å². The van der Waals surface area contributed by atoms with Gasteiger partial charge in [0.05, 0.1) is 25.0 Å². The highest BCUT2D eigenvalue weighted by molar-refractivity contribution is 7.89. The van der Waals surface area contributed by atoms with Gasteiger partial charge in [-0.15, -0.1) is 0 Å². The lowest BCUT2D eigenvalue weighted by Crippen LogP contribution is -2.49. The molecule has 28 heavy (non-hydrogen) atoms. The molecule has 2 saturated heterocycles. The predicted octanol–water partition coefficient (Wildman–Crippen LogP) is 0.658. The molecular weight excluding hydrogens is 384 g/mol. The molecule has 0 aliphatic carbocycles. The molecule has 0 radical (unpaired) electrons. The third-order valence-electron chi connectivity index (χ3n) is 4.99. The highest BCUT2D eigenvalue weighted by Gasteiger charge is 2.27. The Morgan fingerprint density at radius 2 is 1.75 bits per heavy atom. The number of hydrogen-bond acceptors (Lipinski definition) is 7. The van der Waals surface area contributed by atoms with E-state index in [1.54, 1.807) is 23.1 Å². The largest absolute Gasteiger partial charge is 0.472 e. The minimum Gasteiger partial charge on any atom is -0.472 e. The van der Waals surface area contributed by atoms with E-state index in [0.29, 0.717) is 63.9 Å². The molecule has 0 aromatic carbocycles. The monoisotopic (exact) mass is 406 g/mol. The summed E-state index contributed by atoms with van der Waals surface area (Å²) >= 11 is 0. The average molecular weight is 406 g/mol. The molecule has 0 spiro atoms. The fraction of sp³-hybridized carbons (Fsp3) is 0.444. The highest BCUT2D eigenvalue weighted by atomic mass is 32.2. The predicted molar refractivity (Wildman–Crippen MR) is 101 cm³/mol. The second-order valence-electron chi connectivity index (χ2n) is 6.66. The summed E-state index contributed by atoms with van der Waals surface area (Å²) in [6.07, 6.45) is 4.34. The number of piperazine rings is 1. The van der Waals surface area contributed by atoms with E-state index < -0.39 is 10.0 Å². The molecule has 9 nitrogen and oxygen atoms in total. The van der Waals surface area contributed by atoms with Gasteiger partial charge in [0.15, 0.2) is 0 Å². The van der Waals surface area contributed by atoms with Crippen molar-refractivity contribution in [3.8, 4) is 0 Å². The molecule has 2 fully saturated rings. The lowest BCUT2D eigenvalue weighted by Gasteiger charge is -2.35. The van der Waals surface area contributed by atoms with Gasteiger partial charge in [0.2, 0.25) is 10.0 Å². The molecule has 0 N–H and O–H groups in total. The number of amides is 1. The van der Waals surface area contributed by atoms with Crippen molar-refractivity contribution in [1.29, 1.82) is 0 Å². The molecule has 0 saturated carbocycles. The molecule has 0 atom stereocenters. The SMILES string of the molecule is O=C(c1ccoc1)N1CCN(c2ccc(S(=O)(=O)N3CCOCC3)cn2)CC1. The maximum absolute atomic E-state index is 12.7. The van der Waals surface area contributed by atoms with Gasteiger partial charge in [0.1, 0.15) is 17.0 Å². The Morgan fingerprint density at radius 3 is 2.36 bits per heavy atom. The van der Waals surface area contributed by atoms with E-state index in [-0.39, 0.29) is 10.8 Å². The second-order valence-corrected chi connectivity index (χ2v) is 8.60. The third kappa shape index (κ3) is 3.75. The van der Waals surface area contributed by atoms with E-state index in [9.17, 15) is 13.2 Å². The van der Waals surface area contributed by atoms with Crippen LogP contribution in [0.25, 0.3) is 0 Å². The summed E-state index contributed by atoms with van der Waals surface area (Å²) < 4.78 is 37.0. The number of aromatic nitrogens is 1. The standard InChI is InChI=1S/C18H22N4O5S/c23-18(15-3-10-27-14-15)21-6-4-20(5-7-21)17-2-1-16(13-19-17)28(24,25)22-8-11-26-12-9-22/h1-3,10,13-14H,4-9,11-12H2. The number of hydrogen-bond donors (Lipinski definition) is 0. The Labute approximate surface area is 163 Å². The van der Waals surface area contributed by atoms with Gasteiger partial charge < -0.3 is 19.0 Å². The molecule has 4 rings (SSSR count). The molecule has 150 valence electrons. The Balaban J connectivity index is 1.39. The van der Waals surface area contributed by atoms with Gasteiger partial charge in [0, 0.05) is 45.5 Å². The highest BCUT2D eigenvalue weighted by Crippen LogP contribution is 2.20. The third-order valence-corrected chi connectivity index (χ3v) is 6.87. The number of anilines is 1. The van der Waals surface area contributed by atoms with Crippen LogP contribution >= 0.6 is 0 Å². The Morgan fingerprint density at radius 1 is 1.00 bits per heavy atom. The van der Waals surface area contributed by atoms with Gasteiger partial charge in [-0.25, -0.2) is 13.4 Å². The Hall–Kier alpha value is -2.43. The number of morpholine rings is 1. The van der Waals surface area contributed by atoms with E-state index in [2.05, 4.69) is 4.98 Å². The Bertz CT molecular complexity index is 900. The van der Waals surface area contributed by atoms with Crippen molar-refractivity contribution in [2.45, 2.75) is 4.90 Å². The summed E-state index contributed by atoms with van der Waals surface area (Å²) in [6, 6.07) is 4.97. The average Bonchev–Trinajstić information content (AvgIpc) is 3.29. The van der Waals surface area contributed by atoms with Crippen LogP contribution in [-0.2, 0) is 14.8 Å². The fourth-order valence-electron chi connectivity index (χ4n) is 3.36. The van der Waals surface area contributed by atoms with E-state index in [0.717, 1.165) is 0 Å². The van der Waals surface area contributed by atoms with Crippen molar-refractivity contribution in [1.82, 2.24) is 14.2 Å². The van der Waals surface area contributed by atoms with Gasteiger partial charge in [-0.3, -0.25) is 4.79 Å². The normalized spacial score (nSPS) is 19.0. The summed E-state index contributed by atoms with van der Waals surface area (Å²) in [5.41, 5.74) is 0.546. The zero-order chi connectivity index (χ0) is 19.6. The lowest BCUT2D eigenvalue weighted by molar-refractivity contribution is 0.0730. The topological polar surface area (TPSA) is 96.2 Å². The molecule has 0 bridgehead atoms. The molecule has 2 aliphatic heterocycles. The van der Waals surface area contributed by atoms with Crippen LogP contribution in [0, 0.1) is 0 Å². The molecule has 2 aliphatic rings.